The van der Waals surface area contributed by atoms with Gasteiger partial charge in [-0.2, -0.15) is 0 Å². The molecule has 0 radical (unpaired) electrons. The van der Waals surface area contributed by atoms with Gasteiger partial charge in [0.2, 0.25) is 5.91 Å². The lowest BCUT2D eigenvalue weighted by Crippen LogP contribution is -2.39. The lowest BCUT2D eigenvalue weighted by molar-refractivity contribution is -0.138. The highest BCUT2D eigenvalue weighted by Gasteiger charge is 2.23. The summed E-state index contributed by atoms with van der Waals surface area (Å²) < 4.78 is 0. The first-order chi connectivity index (χ1) is 10.1. The molecule has 1 fully saturated rings. The van der Waals surface area contributed by atoms with Gasteiger partial charge in [-0.05, 0) is 43.2 Å². The van der Waals surface area contributed by atoms with Crippen LogP contribution in [0.2, 0.25) is 0 Å². The summed E-state index contributed by atoms with van der Waals surface area (Å²) in [4.78, 5) is 24.8. The number of nitrogens with zero attached hydrogens (tertiary/aromatic N) is 1. The van der Waals surface area contributed by atoms with Gasteiger partial charge in [0.25, 0.3) is 0 Å². The van der Waals surface area contributed by atoms with Crippen LogP contribution in [0.15, 0.2) is 24.3 Å². The fourth-order valence-electron chi connectivity index (χ4n) is 2.88. The molecule has 1 saturated heterocycles. The molecular weight excluding hydrogens is 266 g/mol. The number of piperidine rings is 1. The van der Waals surface area contributed by atoms with E-state index in [0.29, 0.717) is 12.3 Å². The zero-order valence-corrected chi connectivity index (χ0v) is 12.5. The van der Waals surface area contributed by atoms with Crippen molar-refractivity contribution in [1.29, 1.82) is 0 Å². The van der Waals surface area contributed by atoms with Crippen LogP contribution in [0.3, 0.4) is 0 Å². The lowest BCUT2D eigenvalue weighted by Gasteiger charge is -2.32. The highest BCUT2D eigenvalue weighted by Crippen LogP contribution is 2.22. The molecule has 0 spiro atoms. The summed E-state index contributed by atoms with van der Waals surface area (Å²) in [5.74, 6) is -0.0994. The first-order valence-corrected chi connectivity index (χ1v) is 7.60. The van der Waals surface area contributed by atoms with Gasteiger partial charge in [-0.1, -0.05) is 24.3 Å². The molecule has 0 bridgehead atoms. The number of aryl methyl sites for hydroxylation is 1. The molecule has 0 saturated carbocycles. The minimum Gasteiger partial charge on any atom is -0.481 e. The average molecular weight is 289 g/mol. The fraction of sp³-hybridized carbons (Fsp3) is 0.529. The third-order valence-corrected chi connectivity index (χ3v) is 4.34. The molecule has 4 nitrogen and oxygen atoms in total. The zero-order valence-electron chi connectivity index (χ0n) is 12.5. The number of aliphatic carboxylic acids is 1. The molecule has 21 heavy (non-hydrogen) atoms. The van der Waals surface area contributed by atoms with Crippen LogP contribution in [-0.4, -0.2) is 35.0 Å². The maximum atomic E-state index is 12.3. The Bertz CT molecular complexity index is 505. The molecule has 1 amide bonds. The molecule has 4 heteroatoms. The van der Waals surface area contributed by atoms with E-state index >= 15 is 0 Å². The Morgan fingerprint density at radius 3 is 2.52 bits per heavy atom. The van der Waals surface area contributed by atoms with E-state index in [-0.39, 0.29) is 12.3 Å². The van der Waals surface area contributed by atoms with E-state index in [2.05, 4.69) is 0 Å². The Balaban J connectivity index is 1.81. The van der Waals surface area contributed by atoms with E-state index in [1.165, 1.54) is 0 Å². The summed E-state index contributed by atoms with van der Waals surface area (Å²) in [7, 11) is 0. The van der Waals surface area contributed by atoms with Crippen LogP contribution in [0, 0.1) is 12.8 Å². The molecule has 1 heterocycles. The largest absolute Gasteiger partial charge is 0.481 e. The molecule has 1 aromatic carbocycles. The Hall–Kier alpha value is -1.84. The summed E-state index contributed by atoms with van der Waals surface area (Å²) in [6.07, 6.45) is 3.28. The third-order valence-electron chi connectivity index (χ3n) is 4.34. The van der Waals surface area contributed by atoms with Crippen molar-refractivity contribution in [3.8, 4) is 0 Å². The first kappa shape index (κ1) is 15.5. The molecule has 114 valence electrons. The number of carbonyl (C=O) groups is 2. The van der Waals surface area contributed by atoms with Crippen molar-refractivity contribution in [3.05, 3.63) is 35.4 Å². The molecule has 0 unspecified atom stereocenters. The van der Waals surface area contributed by atoms with Crippen LogP contribution in [0.5, 0.6) is 0 Å². The quantitative estimate of drug-likeness (QED) is 0.906. The Kier molecular flexibility index (Phi) is 5.37. The van der Waals surface area contributed by atoms with Crippen molar-refractivity contribution in [3.63, 3.8) is 0 Å². The number of amides is 1. The second-order valence-corrected chi connectivity index (χ2v) is 5.86. The van der Waals surface area contributed by atoms with Crippen LogP contribution in [0.25, 0.3) is 0 Å². The summed E-state index contributed by atoms with van der Waals surface area (Å²) >= 11 is 0. The predicted octanol–water partition coefficient (Wildman–Crippen LogP) is 2.64. The number of carboxylic acids is 1. The van der Waals surface area contributed by atoms with Gasteiger partial charge in [-0.15, -0.1) is 0 Å². The number of carboxylic acid groups (broad SMARTS) is 1. The summed E-state index contributed by atoms with van der Waals surface area (Å²) in [5.41, 5.74) is 2.25. The van der Waals surface area contributed by atoms with Crippen molar-refractivity contribution < 1.29 is 14.7 Å². The standard InChI is InChI=1S/C17H23NO3/c1-13-4-2-3-5-15(13)12-16(19)18-10-8-14(9-11-18)6-7-17(20)21/h2-5,14H,6-12H2,1H3,(H,20,21). The van der Waals surface area contributed by atoms with Crippen LogP contribution >= 0.6 is 0 Å². The molecule has 1 N–H and O–H groups in total. The van der Waals surface area contributed by atoms with Crippen molar-refractivity contribution in [1.82, 2.24) is 4.90 Å². The maximum Gasteiger partial charge on any atom is 0.303 e. The van der Waals surface area contributed by atoms with Crippen LogP contribution < -0.4 is 0 Å². The molecule has 1 aliphatic heterocycles. The molecule has 0 aromatic heterocycles. The average Bonchev–Trinajstić information content (AvgIpc) is 2.48. The van der Waals surface area contributed by atoms with Crippen molar-refractivity contribution in [2.75, 3.05) is 13.1 Å². The molecule has 2 rings (SSSR count). The van der Waals surface area contributed by atoms with E-state index in [9.17, 15) is 9.59 Å². The first-order valence-electron chi connectivity index (χ1n) is 7.60. The van der Waals surface area contributed by atoms with E-state index in [4.69, 9.17) is 5.11 Å². The van der Waals surface area contributed by atoms with Crippen molar-refractivity contribution >= 4 is 11.9 Å². The van der Waals surface area contributed by atoms with Crippen molar-refractivity contribution in [2.45, 2.75) is 39.0 Å². The van der Waals surface area contributed by atoms with E-state index < -0.39 is 5.97 Å². The summed E-state index contributed by atoms with van der Waals surface area (Å²) in [6.45, 7) is 3.55. The monoisotopic (exact) mass is 289 g/mol. The van der Waals surface area contributed by atoms with Crippen LogP contribution in [0.1, 0.15) is 36.8 Å². The van der Waals surface area contributed by atoms with Gasteiger partial charge in [0.15, 0.2) is 0 Å². The number of rotatable bonds is 5. The van der Waals surface area contributed by atoms with E-state index in [1.54, 1.807) is 0 Å². The van der Waals surface area contributed by atoms with Gasteiger partial charge in [0, 0.05) is 19.5 Å². The SMILES string of the molecule is Cc1ccccc1CC(=O)N1CCC(CCC(=O)O)CC1. The highest BCUT2D eigenvalue weighted by atomic mass is 16.4. The number of hydrogen-bond acceptors (Lipinski definition) is 2. The van der Waals surface area contributed by atoms with Crippen LogP contribution in [-0.2, 0) is 16.0 Å². The Morgan fingerprint density at radius 1 is 1.24 bits per heavy atom. The van der Waals surface area contributed by atoms with Gasteiger partial charge in [0.05, 0.1) is 6.42 Å². The Morgan fingerprint density at radius 2 is 1.90 bits per heavy atom. The smallest absolute Gasteiger partial charge is 0.303 e. The molecule has 0 aliphatic carbocycles. The maximum absolute atomic E-state index is 12.3. The summed E-state index contributed by atoms with van der Waals surface area (Å²) in [6, 6.07) is 7.98. The normalized spacial score (nSPS) is 16.0. The van der Waals surface area contributed by atoms with E-state index in [0.717, 1.165) is 43.5 Å². The molecule has 1 aliphatic rings. The Labute approximate surface area is 125 Å². The molecule has 1 aromatic rings. The van der Waals surface area contributed by atoms with Crippen LogP contribution in [0.4, 0.5) is 0 Å². The van der Waals surface area contributed by atoms with Gasteiger partial charge in [-0.3, -0.25) is 9.59 Å². The van der Waals surface area contributed by atoms with Gasteiger partial charge in [-0.25, -0.2) is 0 Å². The topological polar surface area (TPSA) is 57.6 Å². The minimum absolute atomic E-state index is 0.181. The second-order valence-electron chi connectivity index (χ2n) is 5.86. The van der Waals surface area contributed by atoms with Gasteiger partial charge in [0.1, 0.15) is 0 Å². The molecular formula is C17H23NO3. The highest BCUT2D eigenvalue weighted by molar-refractivity contribution is 5.79. The zero-order chi connectivity index (χ0) is 15.2. The lowest BCUT2D eigenvalue weighted by atomic mass is 9.92. The van der Waals surface area contributed by atoms with Gasteiger partial charge >= 0.3 is 5.97 Å². The summed E-state index contributed by atoms with van der Waals surface area (Å²) in [5, 5.41) is 8.71. The van der Waals surface area contributed by atoms with Gasteiger partial charge < -0.3 is 10.0 Å². The number of likely N-dealkylation sites (tertiary alicyclic amines) is 1. The molecule has 0 atom stereocenters. The predicted molar refractivity (Wildman–Crippen MR) is 81.1 cm³/mol. The third kappa shape index (κ3) is 4.59. The fourth-order valence-corrected chi connectivity index (χ4v) is 2.88. The van der Waals surface area contributed by atoms with E-state index in [1.807, 2.05) is 36.1 Å². The number of benzene rings is 1. The second kappa shape index (κ2) is 7.25. The van der Waals surface area contributed by atoms with Crippen molar-refractivity contribution in [2.24, 2.45) is 5.92 Å². The number of hydrogen-bond donors (Lipinski definition) is 1. The number of carbonyl (C=O) groups excluding carboxylic acids is 1. The minimum atomic E-state index is -0.729.